The maximum absolute atomic E-state index is 11.8. The van der Waals surface area contributed by atoms with Gasteiger partial charge in [0, 0.05) is 6.07 Å². The lowest BCUT2D eigenvalue weighted by Crippen LogP contribution is -2.26. The first-order valence-electron chi connectivity index (χ1n) is 5.99. The van der Waals surface area contributed by atoms with Crippen LogP contribution < -0.4 is 5.56 Å². The van der Waals surface area contributed by atoms with Gasteiger partial charge in [0.1, 0.15) is 0 Å². The number of aliphatic hydroxyl groups excluding tert-OH is 1. The van der Waals surface area contributed by atoms with E-state index in [1.165, 1.54) is 0 Å². The molecule has 1 aromatic heterocycles. The quantitative estimate of drug-likeness (QED) is 0.876. The van der Waals surface area contributed by atoms with E-state index in [2.05, 4.69) is 0 Å². The van der Waals surface area contributed by atoms with E-state index in [0.717, 1.165) is 23.7 Å². The summed E-state index contributed by atoms with van der Waals surface area (Å²) in [6, 6.07) is 11.1. The Labute approximate surface area is 100 Å². The Hall–Kier alpha value is -1.61. The van der Waals surface area contributed by atoms with Gasteiger partial charge in [-0.3, -0.25) is 4.79 Å². The summed E-state index contributed by atoms with van der Waals surface area (Å²) in [4.78, 5) is 11.8. The Morgan fingerprint density at radius 3 is 2.76 bits per heavy atom. The van der Waals surface area contributed by atoms with E-state index in [-0.39, 0.29) is 5.56 Å². The van der Waals surface area contributed by atoms with Crippen molar-refractivity contribution in [3.05, 3.63) is 46.8 Å². The standard InChI is InChI=1S/C14H17NO2/c1-2-5-12(16)10-15-13-7-4-3-6-11(13)8-9-14(15)17/h3-4,6-9,12,16H,2,5,10H2,1H3. The van der Waals surface area contributed by atoms with Gasteiger partial charge in [0.25, 0.3) is 5.56 Å². The van der Waals surface area contributed by atoms with Crippen molar-refractivity contribution in [3.63, 3.8) is 0 Å². The summed E-state index contributed by atoms with van der Waals surface area (Å²) in [5.74, 6) is 0. The maximum atomic E-state index is 11.8. The molecule has 1 unspecified atom stereocenters. The molecule has 1 aromatic carbocycles. The molecule has 0 fully saturated rings. The molecule has 0 amide bonds. The highest BCUT2D eigenvalue weighted by molar-refractivity contribution is 5.78. The number of hydrogen-bond donors (Lipinski definition) is 1. The van der Waals surface area contributed by atoms with Crippen molar-refractivity contribution in [1.29, 1.82) is 0 Å². The van der Waals surface area contributed by atoms with Crippen LogP contribution in [0.15, 0.2) is 41.2 Å². The largest absolute Gasteiger partial charge is 0.391 e. The molecule has 0 bridgehead atoms. The fraction of sp³-hybridized carbons (Fsp3) is 0.357. The summed E-state index contributed by atoms with van der Waals surface area (Å²) in [6.07, 6.45) is 1.18. The first-order chi connectivity index (χ1) is 8.22. The van der Waals surface area contributed by atoms with Crippen molar-refractivity contribution < 1.29 is 5.11 Å². The molecule has 17 heavy (non-hydrogen) atoms. The molecule has 0 spiro atoms. The maximum Gasteiger partial charge on any atom is 0.251 e. The van der Waals surface area contributed by atoms with Gasteiger partial charge in [0.05, 0.1) is 18.2 Å². The van der Waals surface area contributed by atoms with E-state index in [1.807, 2.05) is 37.3 Å². The monoisotopic (exact) mass is 231 g/mol. The summed E-state index contributed by atoms with van der Waals surface area (Å²) < 4.78 is 1.65. The third-order valence-corrected chi connectivity index (χ3v) is 2.91. The van der Waals surface area contributed by atoms with Crippen LogP contribution in [0.4, 0.5) is 0 Å². The zero-order valence-electron chi connectivity index (χ0n) is 9.97. The number of para-hydroxylation sites is 1. The van der Waals surface area contributed by atoms with Gasteiger partial charge in [0.15, 0.2) is 0 Å². The molecule has 1 heterocycles. The summed E-state index contributed by atoms with van der Waals surface area (Å²) >= 11 is 0. The van der Waals surface area contributed by atoms with Crippen molar-refractivity contribution in [2.75, 3.05) is 0 Å². The molecule has 2 aromatic rings. The predicted molar refractivity (Wildman–Crippen MR) is 69.1 cm³/mol. The fourth-order valence-electron chi connectivity index (χ4n) is 2.07. The fourth-order valence-corrected chi connectivity index (χ4v) is 2.07. The van der Waals surface area contributed by atoms with Gasteiger partial charge in [-0.15, -0.1) is 0 Å². The zero-order chi connectivity index (χ0) is 12.3. The predicted octanol–water partition coefficient (Wildman–Crippen LogP) is 2.16. The van der Waals surface area contributed by atoms with E-state index in [0.29, 0.717) is 6.54 Å². The molecule has 0 radical (unpaired) electrons. The van der Waals surface area contributed by atoms with E-state index in [1.54, 1.807) is 10.6 Å². The lowest BCUT2D eigenvalue weighted by atomic mass is 10.2. The first kappa shape index (κ1) is 11.9. The third kappa shape index (κ3) is 2.56. The number of rotatable bonds is 4. The van der Waals surface area contributed by atoms with Crippen molar-refractivity contribution in [3.8, 4) is 0 Å². The smallest absolute Gasteiger partial charge is 0.251 e. The number of aromatic nitrogens is 1. The summed E-state index contributed by atoms with van der Waals surface area (Å²) in [5, 5.41) is 10.9. The minimum atomic E-state index is -0.455. The molecular weight excluding hydrogens is 214 g/mol. The summed E-state index contributed by atoms with van der Waals surface area (Å²) in [7, 11) is 0. The summed E-state index contributed by atoms with van der Waals surface area (Å²) in [6.45, 7) is 2.39. The van der Waals surface area contributed by atoms with Gasteiger partial charge in [-0.05, 0) is 23.9 Å². The topological polar surface area (TPSA) is 42.2 Å². The highest BCUT2D eigenvalue weighted by Crippen LogP contribution is 2.12. The van der Waals surface area contributed by atoms with Crippen molar-refractivity contribution in [2.45, 2.75) is 32.4 Å². The molecule has 0 saturated carbocycles. The second-order valence-electron chi connectivity index (χ2n) is 4.28. The Bertz CT molecular complexity index is 559. The average Bonchev–Trinajstić information content (AvgIpc) is 2.33. The second-order valence-corrected chi connectivity index (χ2v) is 4.28. The molecule has 3 nitrogen and oxygen atoms in total. The van der Waals surface area contributed by atoms with Gasteiger partial charge in [0.2, 0.25) is 0 Å². The van der Waals surface area contributed by atoms with Crippen LogP contribution in [-0.2, 0) is 6.54 Å². The first-order valence-corrected chi connectivity index (χ1v) is 5.99. The second kappa shape index (κ2) is 5.15. The zero-order valence-corrected chi connectivity index (χ0v) is 9.97. The normalized spacial score (nSPS) is 12.8. The Balaban J connectivity index is 2.44. The molecule has 0 aliphatic heterocycles. The Morgan fingerprint density at radius 2 is 2.00 bits per heavy atom. The van der Waals surface area contributed by atoms with Crippen LogP contribution >= 0.6 is 0 Å². The molecule has 3 heteroatoms. The SMILES string of the molecule is CCCC(O)Cn1c(=O)ccc2ccccc21. The average molecular weight is 231 g/mol. The van der Waals surface area contributed by atoms with Crippen molar-refractivity contribution in [1.82, 2.24) is 4.57 Å². The number of pyridine rings is 1. The molecule has 1 N–H and O–H groups in total. The van der Waals surface area contributed by atoms with E-state index < -0.39 is 6.10 Å². The molecule has 0 aliphatic rings. The lowest BCUT2D eigenvalue weighted by molar-refractivity contribution is 0.144. The molecule has 2 rings (SSSR count). The molecule has 90 valence electrons. The van der Waals surface area contributed by atoms with E-state index in [9.17, 15) is 9.90 Å². The molecule has 0 aliphatic carbocycles. The van der Waals surface area contributed by atoms with Crippen LogP contribution in [0.3, 0.4) is 0 Å². The number of nitrogens with zero attached hydrogens (tertiary/aromatic N) is 1. The van der Waals surface area contributed by atoms with Crippen LogP contribution in [0, 0.1) is 0 Å². The minimum Gasteiger partial charge on any atom is -0.391 e. The Morgan fingerprint density at radius 1 is 1.24 bits per heavy atom. The number of aliphatic hydroxyl groups is 1. The van der Waals surface area contributed by atoms with Crippen LogP contribution in [0.5, 0.6) is 0 Å². The molecular formula is C14H17NO2. The Kier molecular flexibility index (Phi) is 3.59. The highest BCUT2D eigenvalue weighted by Gasteiger charge is 2.08. The highest BCUT2D eigenvalue weighted by atomic mass is 16.3. The van der Waals surface area contributed by atoms with Crippen LogP contribution in [-0.4, -0.2) is 15.8 Å². The van der Waals surface area contributed by atoms with Crippen molar-refractivity contribution in [2.24, 2.45) is 0 Å². The van der Waals surface area contributed by atoms with Gasteiger partial charge in [-0.1, -0.05) is 31.5 Å². The van der Waals surface area contributed by atoms with Crippen LogP contribution in [0.2, 0.25) is 0 Å². The number of fused-ring (bicyclic) bond motifs is 1. The molecule has 0 saturated heterocycles. The lowest BCUT2D eigenvalue weighted by Gasteiger charge is -2.14. The van der Waals surface area contributed by atoms with E-state index in [4.69, 9.17) is 0 Å². The number of hydrogen-bond acceptors (Lipinski definition) is 2. The van der Waals surface area contributed by atoms with Gasteiger partial charge < -0.3 is 9.67 Å². The van der Waals surface area contributed by atoms with E-state index >= 15 is 0 Å². The van der Waals surface area contributed by atoms with Gasteiger partial charge in [-0.2, -0.15) is 0 Å². The minimum absolute atomic E-state index is 0.0566. The van der Waals surface area contributed by atoms with Gasteiger partial charge >= 0.3 is 0 Å². The molecule has 1 atom stereocenters. The van der Waals surface area contributed by atoms with Crippen LogP contribution in [0.1, 0.15) is 19.8 Å². The van der Waals surface area contributed by atoms with Crippen molar-refractivity contribution >= 4 is 10.9 Å². The van der Waals surface area contributed by atoms with Crippen LogP contribution in [0.25, 0.3) is 10.9 Å². The summed E-state index contributed by atoms with van der Waals surface area (Å²) in [5.41, 5.74) is 0.828. The third-order valence-electron chi connectivity index (χ3n) is 2.91. The number of benzene rings is 1. The van der Waals surface area contributed by atoms with Gasteiger partial charge in [-0.25, -0.2) is 0 Å².